The Hall–Kier alpha value is -3.44. The fraction of sp³-hybridized carbons (Fsp3) is 0.379. The van der Waals surface area contributed by atoms with E-state index in [1.165, 1.54) is 26.2 Å². The lowest BCUT2D eigenvalue weighted by molar-refractivity contribution is 0.102. The van der Waals surface area contributed by atoms with Gasteiger partial charge in [-0.1, -0.05) is 6.07 Å². The molecule has 1 aliphatic heterocycles. The van der Waals surface area contributed by atoms with Gasteiger partial charge in [-0.3, -0.25) is 9.59 Å². The topological polar surface area (TPSA) is 147 Å². The molecule has 2 aromatic heterocycles. The second-order valence-electron chi connectivity index (χ2n) is 11.2. The first kappa shape index (κ1) is 31.5. The van der Waals surface area contributed by atoms with Gasteiger partial charge in [-0.2, -0.15) is 0 Å². The third kappa shape index (κ3) is 5.62. The second-order valence-corrected chi connectivity index (χ2v) is 14.5. The number of nitrogens with one attached hydrogen (secondary N) is 1. The van der Waals surface area contributed by atoms with E-state index >= 15 is 4.39 Å². The van der Waals surface area contributed by atoms with Crippen LogP contribution < -0.4 is 24.0 Å². The number of thiophene rings is 1. The Kier molecular flexibility index (Phi) is 8.22. The molecule has 0 amide bonds. The van der Waals surface area contributed by atoms with Gasteiger partial charge in [-0.25, -0.2) is 26.1 Å². The lowest BCUT2D eigenvalue weighted by atomic mass is 10.1. The van der Waals surface area contributed by atoms with Gasteiger partial charge in [0.1, 0.15) is 38.0 Å². The summed E-state index contributed by atoms with van der Waals surface area (Å²) in [5.74, 6) is -2.42. The smallest absolute Gasteiger partial charge is 0.240 e. The van der Waals surface area contributed by atoms with Crippen LogP contribution in [0.2, 0.25) is 0 Å². The molecule has 2 aromatic carbocycles. The predicted molar refractivity (Wildman–Crippen MR) is 165 cm³/mol. The van der Waals surface area contributed by atoms with Crippen LogP contribution in [0.1, 0.15) is 47.5 Å². The second kappa shape index (κ2) is 11.7. The number of aromatic nitrogens is 1. The summed E-state index contributed by atoms with van der Waals surface area (Å²) in [4.78, 5) is 28.1. The average molecular weight is 681 g/mol. The minimum atomic E-state index is -4.00. The summed E-state index contributed by atoms with van der Waals surface area (Å²) in [5, 5.41) is -0.180. The van der Waals surface area contributed by atoms with Gasteiger partial charge < -0.3 is 22.9 Å². The highest BCUT2D eigenvalue weighted by Crippen LogP contribution is 2.49. The normalized spacial score (nSPS) is 17.7. The molecule has 2 aliphatic rings. The molecular formula is C29H28F2N3O8S3-. The van der Waals surface area contributed by atoms with Crippen molar-refractivity contribution in [2.24, 2.45) is 5.92 Å². The first-order chi connectivity index (χ1) is 21.3. The number of hydrogen-bond acceptors (Lipinski definition) is 10. The van der Waals surface area contributed by atoms with E-state index in [-0.39, 0.29) is 62.8 Å². The largest absolute Gasteiger partial charge is 0.740 e. The van der Waals surface area contributed by atoms with Crippen LogP contribution >= 0.6 is 11.3 Å². The number of nitrogens with zero attached hydrogens (tertiary/aromatic N) is 2. The molecule has 16 heteroatoms. The molecule has 1 aliphatic carbocycles. The van der Waals surface area contributed by atoms with Gasteiger partial charge in [0.05, 0.1) is 22.9 Å². The number of aryl methyl sites for hydroxylation is 1. The average Bonchev–Trinajstić information content (AvgIpc) is 3.58. The van der Waals surface area contributed by atoms with E-state index in [9.17, 15) is 31.2 Å². The van der Waals surface area contributed by atoms with Crippen LogP contribution in [-0.2, 0) is 21.4 Å². The van der Waals surface area contributed by atoms with Gasteiger partial charge in [0, 0.05) is 32.6 Å². The summed E-state index contributed by atoms with van der Waals surface area (Å²) in [6.07, 6.45) is 1.98. The van der Waals surface area contributed by atoms with Crippen LogP contribution in [0, 0.1) is 24.5 Å². The number of halogens is 2. The van der Waals surface area contributed by atoms with Crippen LogP contribution in [0.25, 0.3) is 21.1 Å². The fourth-order valence-electron chi connectivity index (χ4n) is 5.95. The highest BCUT2D eigenvalue weighted by atomic mass is 32.2. The molecule has 2 atom stereocenters. The molecular weight excluding hydrogens is 653 g/mol. The van der Waals surface area contributed by atoms with Gasteiger partial charge in [0.2, 0.25) is 15.5 Å². The van der Waals surface area contributed by atoms with Crippen molar-refractivity contribution in [3.63, 3.8) is 0 Å². The zero-order valence-electron chi connectivity index (χ0n) is 24.3. The summed E-state index contributed by atoms with van der Waals surface area (Å²) in [6, 6.07) is 4.51. The Labute approximate surface area is 263 Å². The van der Waals surface area contributed by atoms with Crippen LogP contribution in [0.3, 0.4) is 0 Å². The molecule has 45 heavy (non-hydrogen) atoms. The maximum atomic E-state index is 16.0. The molecule has 0 spiro atoms. The summed E-state index contributed by atoms with van der Waals surface area (Å²) in [6.45, 7) is 3.47. The zero-order valence-corrected chi connectivity index (χ0v) is 26.8. The number of ether oxygens (including phenoxy) is 1. The summed E-state index contributed by atoms with van der Waals surface area (Å²) >= 11 is -2.14. The van der Waals surface area contributed by atoms with E-state index < -0.39 is 44.2 Å². The van der Waals surface area contributed by atoms with Crippen molar-refractivity contribution in [2.75, 3.05) is 31.6 Å². The Morgan fingerprint density at radius 3 is 2.58 bits per heavy atom. The quantitative estimate of drug-likeness (QED) is 0.191. The number of carbonyl (C=O) groups excluding carboxylic acids is 1. The monoisotopic (exact) mass is 680 g/mol. The number of benzene rings is 2. The molecule has 0 radical (unpaired) electrons. The van der Waals surface area contributed by atoms with Crippen molar-refractivity contribution in [3.05, 3.63) is 56.6 Å². The van der Waals surface area contributed by atoms with Crippen molar-refractivity contribution >= 4 is 65.3 Å². The Morgan fingerprint density at radius 2 is 1.93 bits per heavy atom. The summed E-state index contributed by atoms with van der Waals surface area (Å²) in [5.41, 5.74) is 0.110. The van der Waals surface area contributed by atoms with E-state index in [0.29, 0.717) is 28.9 Å². The van der Waals surface area contributed by atoms with E-state index in [1.807, 2.05) is 0 Å². The molecule has 3 heterocycles. The highest BCUT2D eigenvalue weighted by Gasteiger charge is 2.36. The molecule has 4 aromatic rings. The summed E-state index contributed by atoms with van der Waals surface area (Å²) in [7, 11) is -2.64. The van der Waals surface area contributed by atoms with Crippen LogP contribution in [-0.4, -0.2) is 54.3 Å². The van der Waals surface area contributed by atoms with Gasteiger partial charge >= 0.3 is 0 Å². The molecule has 1 unspecified atom stereocenters. The van der Waals surface area contributed by atoms with Crippen LogP contribution in [0.15, 0.2) is 34.0 Å². The Balaban J connectivity index is 1.41. The van der Waals surface area contributed by atoms with Gasteiger partial charge in [-0.15, -0.1) is 11.3 Å². The number of sulfonamides is 1. The first-order valence-electron chi connectivity index (χ1n) is 14.0. The molecule has 2 fully saturated rings. The minimum absolute atomic E-state index is 0.0343. The van der Waals surface area contributed by atoms with Gasteiger partial charge in [-0.05, 0) is 55.9 Å². The maximum absolute atomic E-state index is 16.0. The zero-order chi connectivity index (χ0) is 32.4. The molecule has 1 N–H and O–H groups in total. The number of ketones is 1. The fourth-order valence-corrected chi connectivity index (χ4v) is 8.87. The lowest BCUT2D eigenvalue weighted by Crippen LogP contribution is -2.31. The number of fused-ring (bicyclic) bond motifs is 2. The van der Waals surface area contributed by atoms with Crippen molar-refractivity contribution < 1.29 is 39.7 Å². The van der Waals surface area contributed by atoms with Crippen molar-refractivity contribution in [3.8, 4) is 11.5 Å². The number of anilines is 1. The van der Waals surface area contributed by atoms with Crippen molar-refractivity contribution in [1.82, 2.24) is 9.29 Å². The SMILES string of the molecule is COc1c(N2CC[C@@H](CNS(=O)(=O)c3cc(F)ccc3C)C2)c(F)cc2c(=O)c3c(OS(=O)[O-])c(C(C)=O)sc3n(C3CC3)c12. The Bertz CT molecular complexity index is 2080. The van der Waals surface area contributed by atoms with Crippen molar-refractivity contribution in [2.45, 2.75) is 44.0 Å². The minimum Gasteiger partial charge on any atom is -0.740 e. The number of carbonyl (C=O) groups is 1. The lowest BCUT2D eigenvalue weighted by Gasteiger charge is -2.25. The number of hydrogen-bond donors (Lipinski definition) is 1. The molecule has 240 valence electrons. The number of pyridine rings is 1. The molecule has 1 saturated carbocycles. The van der Waals surface area contributed by atoms with Gasteiger partial charge in [0.25, 0.3) is 0 Å². The van der Waals surface area contributed by atoms with Crippen LogP contribution in [0.4, 0.5) is 14.5 Å². The van der Waals surface area contributed by atoms with Crippen LogP contribution in [0.5, 0.6) is 11.5 Å². The predicted octanol–water partition coefficient (Wildman–Crippen LogP) is 4.33. The number of methoxy groups -OCH3 is 1. The number of rotatable bonds is 10. The molecule has 6 rings (SSSR count). The molecule has 0 bridgehead atoms. The number of Topliss-reactive ketones (excluding diaryl/α,β-unsaturated/α-hetero) is 1. The van der Waals surface area contributed by atoms with E-state index in [2.05, 4.69) is 4.72 Å². The molecule has 1 saturated heterocycles. The Morgan fingerprint density at radius 1 is 1.20 bits per heavy atom. The summed E-state index contributed by atoms with van der Waals surface area (Å²) < 4.78 is 93.6. The van der Waals surface area contributed by atoms with E-state index in [0.717, 1.165) is 36.3 Å². The maximum Gasteiger partial charge on any atom is 0.240 e. The third-order valence-electron chi connectivity index (χ3n) is 8.15. The van der Waals surface area contributed by atoms with Gasteiger partial charge in [0.15, 0.2) is 23.1 Å². The first-order valence-corrected chi connectivity index (χ1v) is 17.3. The standard InChI is InChI=1S/C29H29F2N3O8S3/c1-14-4-5-17(30)10-21(14)45(39,40)32-12-16-8-9-33(13-16)24-20(31)11-19-23(27(24)41-3)34(18-6-7-18)29-22(25(19)36)26(42-44(37)38)28(43-29)15(2)35/h4-5,10-11,16,18,32H,6-9,12-13H2,1-3H3,(H,37,38)/p-1/t16-/m0/s1. The van der Waals surface area contributed by atoms with E-state index in [1.54, 1.807) is 16.4 Å². The third-order valence-corrected chi connectivity index (χ3v) is 11.3. The highest BCUT2D eigenvalue weighted by molar-refractivity contribution is 7.89. The van der Waals surface area contributed by atoms with E-state index in [4.69, 9.17) is 8.92 Å². The van der Waals surface area contributed by atoms with Crippen molar-refractivity contribution in [1.29, 1.82) is 0 Å². The molecule has 11 nitrogen and oxygen atoms in total.